The molecule has 0 fully saturated rings. The molecule has 0 aliphatic rings. The first-order valence-corrected chi connectivity index (χ1v) is 9.89. The smallest absolute Gasteiger partial charge is 0.0465 e. The molecule has 0 saturated carbocycles. The third kappa shape index (κ3) is 4.50. The van der Waals surface area contributed by atoms with E-state index >= 15 is 0 Å². The summed E-state index contributed by atoms with van der Waals surface area (Å²) in [6.45, 7) is 6.14. The molecule has 5 aromatic rings. The lowest BCUT2D eigenvalue weighted by atomic mass is 10.0. The SMILES string of the molecule is CC.Cc1ccc2[nH]c3ccc(-c4ccccc4)cc3c2c1.c1ccccc1. The molecule has 0 bridgehead atoms. The Morgan fingerprint density at radius 3 is 1.61 bits per heavy atom. The Labute approximate surface area is 167 Å². The third-order valence-corrected chi connectivity index (χ3v) is 4.53. The molecular formula is C27H27N. The number of H-pyrrole nitrogens is 1. The summed E-state index contributed by atoms with van der Waals surface area (Å²) in [6, 6.07) is 35.7. The Balaban J connectivity index is 0.000000239. The van der Waals surface area contributed by atoms with E-state index in [1.54, 1.807) is 0 Å². The van der Waals surface area contributed by atoms with E-state index in [-0.39, 0.29) is 0 Å². The quantitative estimate of drug-likeness (QED) is 0.309. The Hall–Kier alpha value is -3.32. The number of rotatable bonds is 1. The van der Waals surface area contributed by atoms with Crippen molar-refractivity contribution in [1.82, 2.24) is 4.98 Å². The van der Waals surface area contributed by atoms with Crippen LogP contribution in [0.15, 0.2) is 103 Å². The van der Waals surface area contributed by atoms with Crippen molar-refractivity contribution in [1.29, 1.82) is 0 Å². The fourth-order valence-electron chi connectivity index (χ4n) is 3.21. The first-order chi connectivity index (χ1) is 13.8. The van der Waals surface area contributed by atoms with E-state index in [0.29, 0.717) is 0 Å². The number of aromatic nitrogens is 1. The molecule has 0 radical (unpaired) electrons. The number of hydrogen-bond acceptors (Lipinski definition) is 0. The van der Waals surface area contributed by atoms with Crippen LogP contribution >= 0.6 is 0 Å². The molecule has 4 aromatic carbocycles. The first-order valence-electron chi connectivity index (χ1n) is 9.89. The second-order valence-electron chi connectivity index (χ2n) is 6.46. The van der Waals surface area contributed by atoms with Crippen LogP contribution < -0.4 is 0 Å². The zero-order valence-electron chi connectivity index (χ0n) is 16.8. The maximum absolute atomic E-state index is 3.48. The lowest BCUT2D eigenvalue weighted by Crippen LogP contribution is -1.77. The van der Waals surface area contributed by atoms with Gasteiger partial charge in [-0.15, -0.1) is 0 Å². The van der Waals surface area contributed by atoms with Crippen molar-refractivity contribution in [3.05, 3.63) is 109 Å². The van der Waals surface area contributed by atoms with Crippen LogP contribution in [0.5, 0.6) is 0 Å². The minimum Gasteiger partial charge on any atom is -0.355 e. The highest BCUT2D eigenvalue weighted by molar-refractivity contribution is 6.08. The van der Waals surface area contributed by atoms with E-state index < -0.39 is 0 Å². The second kappa shape index (κ2) is 9.57. The van der Waals surface area contributed by atoms with E-state index in [0.717, 1.165) is 0 Å². The fraction of sp³-hybridized carbons (Fsp3) is 0.111. The molecule has 0 aliphatic carbocycles. The van der Waals surface area contributed by atoms with Crippen molar-refractivity contribution in [3.8, 4) is 11.1 Å². The summed E-state index contributed by atoms with van der Waals surface area (Å²) in [6.07, 6.45) is 0. The van der Waals surface area contributed by atoms with E-state index in [1.807, 2.05) is 50.2 Å². The van der Waals surface area contributed by atoms with Crippen LogP contribution in [0.2, 0.25) is 0 Å². The molecule has 1 heteroatoms. The van der Waals surface area contributed by atoms with Gasteiger partial charge in [0.2, 0.25) is 0 Å². The average Bonchev–Trinajstić information content (AvgIpc) is 3.14. The molecular weight excluding hydrogens is 338 g/mol. The summed E-state index contributed by atoms with van der Waals surface area (Å²) in [5.74, 6) is 0. The Bertz CT molecular complexity index is 1100. The number of benzene rings is 4. The van der Waals surface area contributed by atoms with Crippen molar-refractivity contribution in [2.45, 2.75) is 20.8 Å². The molecule has 1 heterocycles. The van der Waals surface area contributed by atoms with Gasteiger partial charge in [0.05, 0.1) is 0 Å². The highest BCUT2D eigenvalue weighted by Gasteiger charge is 2.06. The van der Waals surface area contributed by atoms with E-state index in [9.17, 15) is 0 Å². The summed E-state index contributed by atoms with van der Waals surface area (Å²) in [5.41, 5.74) is 6.22. The van der Waals surface area contributed by atoms with Crippen molar-refractivity contribution >= 4 is 21.8 Å². The monoisotopic (exact) mass is 365 g/mol. The fourth-order valence-corrected chi connectivity index (χ4v) is 3.21. The number of fused-ring (bicyclic) bond motifs is 3. The topological polar surface area (TPSA) is 15.8 Å². The Morgan fingerprint density at radius 2 is 1.00 bits per heavy atom. The number of aromatic amines is 1. The molecule has 0 amide bonds. The van der Waals surface area contributed by atoms with E-state index in [1.165, 1.54) is 38.5 Å². The molecule has 28 heavy (non-hydrogen) atoms. The number of hydrogen-bond donors (Lipinski definition) is 1. The van der Waals surface area contributed by atoms with Crippen LogP contribution in [0, 0.1) is 6.92 Å². The van der Waals surface area contributed by atoms with Gasteiger partial charge in [-0.05, 0) is 42.3 Å². The van der Waals surface area contributed by atoms with Gasteiger partial charge < -0.3 is 4.98 Å². The Kier molecular flexibility index (Phi) is 6.64. The van der Waals surface area contributed by atoms with Gasteiger partial charge in [0.15, 0.2) is 0 Å². The molecule has 0 unspecified atom stereocenters. The predicted octanol–water partition coefficient (Wildman–Crippen LogP) is 8.01. The van der Waals surface area contributed by atoms with E-state index in [2.05, 4.69) is 78.6 Å². The summed E-state index contributed by atoms with van der Waals surface area (Å²) in [7, 11) is 0. The molecule has 140 valence electrons. The highest BCUT2D eigenvalue weighted by atomic mass is 14.7. The first kappa shape index (κ1) is 19.4. The number of aryl methyl sites for hydroxylation is 1. The Morgan fingerprint density at radius 1 is 0.500 bits per heavy atom. The molecule has 1 N–H and O–H groups in total. The average molecular weight is 366 g/mol. The van der Waals surface area contributed by atoms with Gasteiger partial charge in [-0.1, -0.05) is 98.3 Å². The third-order valence-electron chi connectivity index (χ3n) is 4.53. The largest absolute Gasteiger partial charge is 0.355 e. The van der Waals surface area contributed by atoms with E-state index in [4.69, 9.17) is 0 Å². The maximum atomic E-state index is 3.48. The normalized spacial score (nSPS) is 9.96. The molecule has 5 rings (SSSR count). The zero-order valence-corrected chi connectivity index (χ0v) is 16.8. The van der Waals surface area contributed by atoms with Gasteiger partial charge in [0.25, 0.3) is 0 Å². The van der Waals surface area contributed by atoms with Crippen LogP contribution in [0.25, 0.3) is 32.9 Å². The minimum atomic E-state index is 1.20. The van der Waals surface area contributed by atoms with Gasteiger partial charge in [-0.3, -0.25) is 0 Å². The lowest BCUT2D eigenvalue weighted by Gasteiger charge is -2.01. The van der Waals surface area contributed by atoms with Crippen LogP contribution in [0.3, 0.4) is 0 Å². The molecule has 1 nitrogen and oxygen atoms in total. The lowest BCUT2D eigenvalue weighted by molar-refractivity contribution is 1.49. The zero-order chi connectivity index (χ0) is 19.8. The molecule has 1 aromatic heterocycles. The van der Waals surface area contributed by atoms with Crippen molar-refractivity contribution in [2.75, 3.05) is 0 Å². The van der Waals surface area contributed by atoms with Crippen LogP contribution in [0.4, 0.5) is 0 Å². The minimum absolute atomic E-state index is 1.20. The van der Waals surface area contributed by atoms with Crippen LogP contribution in [-0.2, 0) is 0 Å². The van der Waals surface area contributed by atoms with Gasteiger partial charge in [-0.2, -0.15) is 0 Å². The molecule has 0 spiro atoms. The maximum Gasteiger partial charge on any atom is 0.0465 e. The second-order valence-corrected chi connectivity index (χ2v) is 6.46. The van der Waals surface area contributed by atoms with Gasteiger partial charge in [-0.25, -0.2) is 0 Å². The summed E-state index contributed by atoms with van der Waals surface area (Å²) < 4.78 is 0. The van der Waals surface area contributed by atoms with Gasteiger partial charge in [0, 0.05) is 21.8 Å². The summed E-state index contributed by atoms with van der Waals surface area (Å²) >= 11 is 0. The van der Waals surface area contributed by atoms with Crippen LogP contribution in [0.1, 0.15) is 19.4 Å². The highest BCUT2D eigenvalue weighted by Crippen LogP contribution is 2.30. The predicted molar refractivity (Wildman–Crippen MR) is 124 cm³/mol. The molecule has 0 saturated heterocycles. The van der Waals surface area contributed by atoms with Crippen molar-refractivity contribution in [2.24, 2.45) is 0 Å². The summed E-state index contributed by atoms with van der Waals surface area (Å²) in [5, 5.41) is 2.60. The van der Waals surface area contributed by atoms with Gasteiger partial charge in [0.1, 0.15) is 0 Å². The van der Waals surface area contributed by atoms with Crippen molar-refractivity contribution < 1.29 is 0 Å². The molecule has 0 atom stereocenters. The summed E-state index contributed by atoms with van der Waals surface area (Å²) in [4.78, 5) is 3.48. The van der Waals surface area contributed by atoms with Gasteiger partial charge >= 0.3 is 0 Å². The van der Waals surface area contributed by atoms with Crippen molar-refractivity contribution in [3.63, 3.8) is 0 Å². The molecule has 0 aliphatic heterocycles. The standard InChI is InChI=1S/C19H15N.C6H6.C2H6/c1-13-7-9-18-16(11-13)17-12-15(8-10-19(17)20-18)14-5-3-2-4-6-14;1-2-4-6-5-3-1;1-2/h2-12,20H,1H3;1-6H;1-2H3. The number of nitrogens with one attached hydrogen (secondary N) is 1. The van der Waals surface area contributed by atoms with Crippen LogP contribution in [-0.4, -0.2) is 4.98 Å².